The minimum Gasteiger partial charge on any atom is -0.481 e. The number of carboxylic acid groups (broad SMARTS) is 1. The van der Waals surface area contributed by atoms with E-state index >= 15 is 0 Å². The van der Waals surface area contributed by atoms with E-state index in [1.807, 2.05) is 18.2 Å². The molecule has 0 saturated carbocycles. The number of nitrogens with zero attached hydrogens (tertiary/aromatic N) is 2. The van der Waals surface area contributed by atoms with Crippen LogP contribution in [0.1, 0.15) is 31.8 Å². The standard InChI is InChI=1S/C15H20N2O2S/c1-4-17(9-10(2)15(18)19)11(3)14-16-12-7-5-6-8-13(12)20-14/h5-8,10-11H,4,9H2,1-3H3,(H,18,19). The zero-order chi connectivity index (χ0) is 14.7. The van der Waals surface area contributed by atoms with Crippen LogP contribution in [0.15, 0.2) is 24.3 Å². The fourth-order valence-corrected chi connectivity index (χ4v) is 3.27. The molecule has 1 N–H and O–H groups in total. The average Bonchev–Trinajstić information content (AvgIpc) is 2.87. The summed E-state index contributed by atoms with van der Waals surface area (Å²) < 4.78 is 1.18. The Morgan fingerprint density at radius 2 is 2.10 bits per heavy atom. The number of hydrogen-bond acceptors (Lipinski definition) is 4. The van der Waals surface area contributed by atoms with Gasteiger partial charge in [-0.25, -0.2) is 4.98 Å². The molecule has 0 saturated heterocycles. The van der Waals surface area contributed by atoms with Crippen LogP contribution >= 0.6 is 11.3 Å². The number of carbonyl (C=O) groups is 1. The Morgan fingerprint density at radius 3 is 2.70 bits per heavy atom. The number of fused-ring (bicyclic) bond motifs is 1. The third kappa shape index (κ3) is 3.16. The van der Waals surface area contributed by atoms with Crippen molar-refractivity contribution in [3.8, 4) is 0 Å². The number of aromatic nitrogens is 1. The fraction of sp³-hybridized carbons (Fsp3) is 0.467. The molecule has 2 unspecified atom stereocenters. The van der Waals surface area contributed by atoms with E-state index in [2.05, 4.69) is 29.8 Å². The van der Waals surface area contributed by atoms with Crippen molar-refractivity contribution in [2.75, 3.05) is 13.1 Å². The van der Waals surface area contributed by atoms with Gasteiger partial charge in [0.2, 0.25) is 0 Å². The van der Waals surface area contributed by atoms with Gasteiger partial charge in [0.25, 0.3) is 0 Å². The lowest BCUT2D eigenvalue weighted by Gasteiger charge is -2.27. The number of carboxylic acids is 1. The van der Waals surface area contributed by atoms with Crippen molar-refractivity contribution in [1.82, 2.24) is 9.88 Å². The van der Waals surface area contributed by atoms with Crippen molar-refractivity contribution in [2.24, 2.45) is 5.92 Å². The second-order valence-corrected chi connectivity index (χ2v) is 6.08. The highest BCUT2D eigenvalue weighted by Crippen LogP contribution is 2.29. The van der Waals surface area contributed by atoms with E-state index in [0.29, 0.717) is 6.54 Å². The van der Waals surface area contributed by atoms with Crippen LogP contribution in [-0.4, -0.2) is 34.0 Å². The summed E-state index contributed by atoms with van der Waals surface area (Å²) in [5, 5.41) is 10.1. The minimum absolute atomic E-state index is 0.138. The lowest BCUT2D eigenvalue weighted by Crippen LogP contribution is -2.33. The first kappa shape index (κ1) is 14.9. The molecular weight excluding hydrogens is 272 g/mol. The molecule has 1 heterocycles. The third-order valence-electron chi connectivity index (χ3n) is 3.55. The van der Waals surface area contributed by atoms with E-state index in [0.717, 1.165) is 17.1 Å². The molecule has 2 aromatic rings. The first-order valence-corrected chi connectivity index (χ1v) is 7.67. The summed E-state index contributed by atoms with van der Waals surface area (Å²) >= 11 is 1.68. The summed E-state index contributed by atoms with van der Waals surface area (Å²) in [6, 6.07) is 8.22. The molecule has 1 aromatic carbocycles. The maximum atomic E-state index is 11.0. The Hall–Kier alpha value is -1.46. The Balaban J connectivity index is 2.19. The Morgan fingerprint density at radius 1 is 1.40 bits per heavy atom. The molecule has 0 spiro atoms. The predicted molar refractivity (Wildman–Crippen MR) is 82.1 cm³/mol. The monoisotopic (exact) mass is 292 g/mol. The largest absolute Gasteiger partial charge is 0.481 e. The van der Waals surface area contributed by atoms with Crippen molar-refractivity contribution >= 4 is 27.5 Å². The van der Waals surface area contributed by atoms with Gasteiger partial charge in [0.15, 0.2) is 0 Å². The van der Waals surface area contributed by atoms with Crippen LogP contribution in [0.4, 0.5) is 0 Å². The first-order valence-electron chi connectivity index (χ1n) is 6.85. The van der Waals surface area contributed by atoms with Crippen LogP contribution < -0.4 is 0 Å². The summed E-state index contributed by atoms with van der Waals surface area (Å²) in [5.41, 5.74) is 1.02. The number of benzene rings is 1. The van der Waals surface area contributed by atoms with E-state index in [9.17, 15) is 4.79 Å². The average molecular weight is 292 g/mol. The van der Waals surface area contributed by atoms with Gasteiger partial charge in [0.1, 0.15) is 5.01 Å². The molecule has 2 rings (SSSR count). The quantitative estimate of drug-likeness (QED) is 0.886. The number of hydrogen-bond donors (Lipinski definition) is 1. The van der Waals surface area contributed by atoms with Crippen LogP contribution in [0.5, 0.6) is 0 Å². The van der Waals surface area contributed by atoms with Gasteiger partial charge in [-0.1, -0.05) is 26.0 Å². The Bertz CT molecular complexity index is 563. The topological polar surface area (TPSA) is 53.4 Å². The van der Waals surface area contributed by atoms with Gasteiger partial charge in [0, 0.05) is 6.54 Å². The summed E-state index contributed by atoms with van der Waals surface area (Å²) in [5.74, 6) is -1.12. The molecule has 20 heavy (non-hydrogen) atoms. The van der Waals surface area contributed by atoms with Gasteiger partial charge in [-0.3, -0.25) is 9.69 Å². The Kier molecular flexibility index (Phi) is 4.73. The molecule has 0 aliphatic carbocycles. The normalized spacial score (nSPS) is 14.6. The lowest BCUT2D eigenvalue weighted by molar-refractivity contribution is -0.141. The summed E-state index contributed by atoms with van der Waals surface area (Å²) in [6.07, 6.45) is 0. The van der Waals surface area contributed by atoms with Crippen LogP contribution in [0.3, 0.4) is 0 Å². The number of para-hydroxylation sites is 1. The second kappa shape index (κ2) is 6.33. The molecule has 0 aliphatic rings. The molecule has 4 nitrogen and oxygen atoms in total. The van der Waals surface area contributed by atoms with Gasteiger partial charge in [-0.05, 0) is 25.6 Å². The maximum absolute atomic E-state index is 11.0. The maximum Gasteiger partial charge on any atom is 0.307 e. The van der Waals surface area contributed by atoms with E-state index < -0.39 is 5.97 Å². The zero-order valence-electron chi connectivity index (χ0n) is 12.0. The van der Waals surface area contributed by atoms with Gasteiger partial charge < -0.3 is 5.11 Å². The SMILES string of the molecule is CCN(CC(C)C(=O)O)C(C)c1nc2ccccc2s1. The minimum atomic E-state index is -0.750. The van der Waals surface area contributed by atoms with Gasteiger partial charge in [-0.15, -0.1) is 11.3 Å². The van der Waals surface area contributed by atoms with Crippen LogP contribution in [0.2, 0.25) is 0 Å². The Labute approximate surface area is 123 Å². The van der Waals surface area contributed by atoms with Crippen LogP contribution in [-0.2, 0) is 4.79 Å². The van der Waals surface area contributed by atoms with E-state index in [1.54, 1.807) is 18.3 Å². The second-order valence-electron chi connectivity index (χ2n) is 5.02. The highest BCUT2D eigenvalue weighted by Gasteiger charge is 2.22. The highest BCUT2D eigenvalue weighted by atomic mass is 32.1. The van der Waals surface area contributed by atoms with Crippen molar-refractivity contribution < 1.29 is 9.90 Å². The lowest BCUT2D eigenvalue weighted by atomic mass is 10.1. The highest BCUT2D eigenvalue weighted by molar-refractivity contribution is 7.18. The summed E-state index contributed by atoms with van der Waals surface area (Å²) in [6.45, 7) is 7.25. The molecule has 5 heteroatoms. The summed E-state index contributed by atoms with van der Waals surface area (Å²) in [7, 11) is 0. The summed E-state index contributed by atoms with van der Waals surface area (Å²) in [4.78, 5) is 17.8. The van der Waals surface area contributed by atoms with E-state index in [4.69, 9.17) is 5.11 Å². The number of aliphatic carboxylic acids is 1. The van der Waals surface area contributed by atoms with Crippen LogP contribution in [0, 0.1) is 5.92 Å². The van der Waals surface area contributed by atoms with E-state index in [-0.39, 0.29) is 12.0 Å². The van der Waals surface area contributed by atoms with E-state index in [1.165, 1.54) is 4.70 Å². The molecule has 2 atom stereocenters. The van der Waals surface area contributed by atoms with Crippen molar-refractivity contribution in [3.63, 3.8) is 0 Å². The molecule has 0 aliphatic heterocycles. The fourth-order valence-electron chi connectivity index (χ4n) is 2.22. The number of thiazole rings is 1. The molecule has 0 radical (unpaired) electrons. The predicted octanol–water partition coefficient (Wildman–Crippen LogP) is 3.40. The van der Waals surface area contributed by atoms with Gasteiger partial charge >= 0.3 is 5.97 Å². The first-order chi connectivity index (χ1) is 9.52. The molecule has 0 fully saturated rings. The van der Waals surface area contributed by atoms with Crippen LogP contribution in [0.25, 0.3) is 10.2 Å². The van der Waals surface area contributed by atoms with Crippen molar-refractivity contribution in [1.29, 1.82) is 0 Å². The third-order valence-corrected chi connectivity index (χ3v) is 4.76. The van der Waals surface area contributed by atoms with Gasteiger partial charge in [0.05, 0.1) is 22.2 Å². The smallest absolute Gasteiger partial charge is 0.307 e. The molecule has 1 aromatic heterocycles. The molecule has 108 valence electrons. The molecule has 0 amide bonds. The van der Waals surface area contributed by atoms with Crippen molar-refractivity contribution in [3.05, 3.63) is 29.3 Å². The molecule has 0 bridgehead atoms. The molecular formula is C15H20N2O2S. The zero-order valence-corrected chi connectivity index (χ0v) is 12.9. The van der Waals surface area contributed by atoms with Crippen molar-refractivity contribution in [2.45, 2.75) is 26.8 Å². The number of rotatable bonds is 6. The van der Waals surface area contributed by atoms with Gasteiger partial charge in [-0.2, -0.15) is 0 Å².